The van der Waals surface area contributed by atoms with Gasteiger partial charge in [0.15, 0.2) is 5.75 Å². The topological polar surface area (TPSA) is 62.1 Å². The molecule has 136 valence electrons. The summed E-state index contributed by atoms with van der Waals surface area (Å²) in [7, 11) is 0. The number of ether oxygens (including phenoxy) is 1. The molecule has 0 saturated heterocycles. The van der Waals surface area contributed by atoms with Crippen molar-refractivity contribution in [1.29, 1.82) is 5.26 Å². The lowest BCUT2D eigenvalue weighted by Gasteiger charge is -2.10. The summed E-state index contributed by atoms with van der Waals surface area (Å²) in [6.45, 7) is 1.85. The number of carbonyl (C=O) groups excluding carboxylic acids is 1. The van der Waals surface area contributed by atoms with Gasteiger partial charge in [-0.3, -0.25) is 4.79 Å². The van der Waals surface area contributed by atoms with E-state index in [2.05, 4.69) is 27.2 Å². The number of terminal acetylenes is 1. The van der Waals surface area contributed by atoms with E-state index in [0.29, 0.717) is 37.1 Å². The number of hydrogen-bond donors (Lipinski definition) is 1. The van der Waals surface area contributed by atoms with Crippen molar-refractivity contribution in [3.8, 4) is 24.2 Å². The number of carbonyl (C=O) groups is 1. The summed E-state index contributed by atoms with van der Waals surface area (Å²) in [6, 6.07) is 10.3. The minimum atomic E-state index is -0.553. The van der Waals surface area contributed by atoms with Crippen LogP contribution in [0.2, 0.25) is 10.0 Å². The highest BCUT2D eigenvalue weighted by atomic mass is 79.9. The van der Waals surface area contributed by atoms with Crippen molar-refractivity contribution in [3.63, 3.8) is 0 Å². The van der Waals surface area contributed by atoms with Crippen LogP contribution in [0.3, 0.4) is 0 Å². The second-order valence-electron chi connectivity index (χ2n) is 5.34. The van der Waals surface area contributed by atoms with Crippen LogP contribution in [-0.4, -0.2) is 12.5 Å². The van der Waals surface area contributed by atoms with Crippen LogP contribution in [0.25, 0.3) is 6.08 Å². The minimum Gasteiger partial charge on any atom is -0.478 e. The van der Waals surface area contributed by atoms with Crippen LogP contribution in [0.15, 0.2) is 40.4 Å². The zero-order chi connectivity index (χ0) is 20.0. The smallest absolute Gasteiger partial charge is 0.266 e. The summed E-state index contributed by atoms with van der Waals surface area (Å²) < 4.78 is 5.92. The summed E-state index contributed by atoms with van der Waals surface area (Å²) in [5, 5.41) is 12.9. The number of benzene rings is 2. The van der Waals surface area contributed by atoms with E-state index in [1.165, 1.54) is 6.08 Å². The van der Waals surface area contributed by atoms with E-state index in [0.717, 1.165) is 0 Å². The Morgan fingerprint density at radius 1 is 1.37 bits per heavy atom. The standard InChI is InChI=1S/C20H13BrCl2N2O2/c1-3-7-27-19-15(21)9-13(10-17(19)23)8-14(11-24)20(26)25-18-6-4-5-16(22)12(18)2/h1,4-6,8-10H,7H2,2H3,(H,25,26)/b14-8-. The normalized spacial score (nSPS) is 10.7. The Bertz CT molecular complexity index is 981. The molecule has 0 saturated carbocycles. The average Bonchev–Trinajstić information content (AvgIpc) is 2.62. The fourth-order valence-corrected chi connectivity index (χ4v) is 3.33. The molecule has 2 aromatic carbocycles. The number of rotatable bonds is 5. The maximum absolute atomic E-state index is 12.5. The first-order valence-electron chi connectivity index (χ1n) is 7.61. The van der Waals surface area contributed by atoms with Crippen LogP contribution < -0.4 is 10.1 Å². The van der Waals surface area contributed by atoms with Gasteiger partial charge < -0.3 is 10.1 Å². The van der Waals surface area contributed by atoms with Crippen molar-refractivity contribution in [2.45, 2.75) is 6.92 Å². The Morgan fingerprint density at radius 3 is 2.74 bits per heavy atom. The molecule has 0 aliphatic rings. The molecule has 0 bridgehead atoms. The van der Waals surface area contributed by atoms with Crippen molar-refractivity contribution in [2.75, 3.05) is 11.9 Å². The minimum absolute atomic E-state index is 0.0678. The van der Waals surface area contributed by atoms with Gasteiger partial charge in [-0.05, 0) is 64.3 Å². The van der Waals surface area contributed by atoms with E-state index in [-0.39, 0.29) is 12.2 Å². The zero-order valence-electron chi connectivity index (χ0n) is 14.1. The summed E-state index contributed by atoms with van der Waals surface area (Å²) in [5.41, 5.74) is 1.71. The van der Waals surface area contributed by atoms with Crippen molar-refractivity contribution in [1.82, 2.24) is 0 Å². The number of anilines is 1. The third-order valence-electron chi connectivity index (χ3n) is 3.51. The first kappa shape index (κ1) is 20.9. The molecular weight excluding hydrogens is 451 g/mol. The Balaban J connectivity index is 2.30. The predicted molar refractivity (Wildman–Crippen MR) is 112 cm³/mol. The fourth-order valence-electron chi connectivity index (χ4n) is 2.16. The maximum atomic E-state index is 12.5. The first-order chi connectivity index (χ1) is 12.9. The molecule has 7 heteroatoms. The van der Waals surface area contributed by atoms with Gasteiger partial charge in [0.05, 0.1) is 9.50 Å². The van der Waals surface area contributed by atoms with Crippen molar-refractivity contribution >= 4 is 56.8 Å². The number of halogens is 3. The SMILES string of the molecule is C#CCOc1c(Cl)cc(/C=C(/C#N)C(=O)Nc2cccc(Cl)c2C)cc1Br. The Morgan fingerprint density at radius 2 is 2.11 bits per heavy atom. The summed E-state index contributed by atoms with van der Waals surface area (Å²) in [4.78, 5) is 12.5. The lowest BCUT2D eigenvalue weighted by Crippen LogP contribution is -2.14. The molecule has 1 amide bonds. The van der Waals surface area contributed by atoms with Gasteiger partial charge in [-0.15, -0.1) is 6.42 Å². The van der Waals surface area contributed by atoms with E-state index < -0.39 is 5.91 Å². The number of nitrogens with zero attached hydrogens (tertiary/aromatic N) is 1. The molecule has 1 N–H and O–H groups in total. The molecule has 0 radical (unpaired) electrons. The molecule has 0 aliphatic heterocycles. The first-order valence-corrected chi connectivity index (χ1v) is 9.15. The lowest BCUT2D eigenvalue weighted by molar-refractivity contribution is -0.112. The molecule has 0 atom stereocenters. The van der Waals surface area contributed by atoms with Crippen LogP contribution in [0, 0.1) is 30.6 Å². The third kappa shape index (κ3) is 5.28. The summed E-state index contributed by atoms with van der Waals surface area (Å²) >= 11 is 15.6. The van der Waals surface area contributed by atoms with Gasteiger partial charge in [0.1, 0.15) is 18.2 Å². The van der Waals surface area contributed by atoms with E-state index in [9.17, 15) is 10.1 Å². The molecule has 2 rings (SSSR count). The fraction of sp³-hybridized carbons (Fsp3) is 0.100. The second-order valence-corrected chi connectivity index (χ2v) is 7.01. The summed E-state index contributed by atoms with van der Waals surface area (Å²) in [5.74, 6) is 2.19. The third-order valence-corrected chi connectivity index (χ3v) is 4.79. The molecule has 0 aliphatic carbocycles. The largest absolute Gasteiger partial charge is 0.478 e. The number of nitrogens with one attached hydrogen (secondary N) is 1. The molecule has 0 fully saturated rings. The summed E-state index contributed by atoms with van der Waals surface area (Å²) in [6.07, 6.45) is 6.60. The van der Waals surface area contributed by atoms with Gasteiger partial charge >= 0.3 is 0 Å². The lowest BCUT2D eigenvalue weighted by atomic mass is 10.1. The number of amides is 1. The van der Waals surface area contributed by atoms with E-state index in [1.54, 1.807) is 37.3 Å². The molecule has 27 heavy (non-hydrogen) atoms. The Labute approximate surface area is 175 Å². The average molecular weight is 464 g/mol. The van der Waals surface area contributed by atoms with E-state index >= 15 is 0 Å². The van der Waals surface area contributed by atoms with Crippen LogP contribution in [0.4, 0.5) is 5.69 Å². The number of hydrogen-bond acceptors (Lipinski definition) is 3. The van der Waals surface area contributed by atoms with Crippen LogP contribution in [0.1, 0.15) is 11.1 Å². The van der Waals surface area contributed by atoms with Crippen LogP contribution in [-0.2, 0) is 4.79 Å². The molecule has 0 unspecified atom stereocenters. The van der Waals surface area contributed by atoms with Crippen LogP contribution >= 0.6 is 39.1 Å². The predicted octanol–water partition coefficient (Wildman–Crippen LogP) is 5.62. The van der Waals surface area contributed by atoms with Gasteiger partial charge in [-0.1, -0.05) is 35.2 Å². The highest BCUT2D eigenvalue weighted by molar-refractivity contribution is 9.10. The molecule has 4 nitrogen and oxygen atoms in total. The maximum Gasteiger partial charge on any atom is 0.266 e. The second kappa shape index (κ2) is 9.48. The van der Waals surface area contributed by atoms with Gasteiger partial charge in [-0.25, -0.2) is 0 Å². The van der Waals surface area contributed by atoms with Gasteiger partial charge in [-0.2, -0.15) is 5.26 Å². The monoisotopic (exact) mass is 462 g/mol. The molecule has 0 spiro atoms. The van der Waals surface area contributed by atoms with Gasteiger partial charge in [0.25, 0.3) is 5.91 Å². The van der Waals surface area contributed by atoms with Gasteiger partial charge in [0.2, 0.25) is 0 Å². The molecule has 0 heterocycles. The number of nitriles is 1. The van der Waals surface area contributed by atoms with Gasteiger partial charge in [0, 0.05) is 10.7 Å². The Kier molecular flexibility index (Phi) is 7.33. The van der Waals surface area contributed by atoms with E-state index in [4.69, 9.17) is 34.4 Å². The quantitative estimate of drug-likeness (QED) is 0.355. The molecular formula is C20H13BrCl2N2O2. The van der Waals surface area contributed by atoms with Crippen LogP contribution in [0.5, 0.6) is 5.75 Å². The van der Waals surface area contributed by atoms with Crippen molar-refractivity contribution < 1.29 is 9.53 Å². The highest BCUT2D eigenvalue weighted by Crippen LogP contribution is 2.35. The van der Waals surface area contributed by atoms with Crippen molar-refractivity contribution in [2.24, 2.45) is 0 Å². The van der Waals surface area contributed by atoms with E-state index in [1.807, 2.05) is 6.07 Å². The Hall–Kier alpha value is -2.44. The van der Waals surface area contributed by atoms with Crippen molar-refractivity contribution in [3.05, 3.63) is 61.5 Å². The zero-order valence-corrected chi connectivity index (χ0v) is 17.2. The highest BCUT2D eigenvalue weighted by Gasteiger charge is 2.14. The molecule has 0 aromatic heterocycles. The molecule has 2 aromatic rings.